The highest BCUT2D eigenvalue weighted by atomic mass is 35.5. The van der Waals surface area contributed by atoms with E-state index in [4.69, 9.17) is 11.6 Å². The van der Waals surface area contributed by atoms with E-state index in [2.05, 4.69) is 17.1 Å². The second kappa shape index (κ2) is 6.37. The molecule has 3 rings (SSSR count). The minimum absolute atomic E-state index is 0.112. The molecule has 3 atom stereocenters. The van der Waals surface area contributed by atoms with Crippen molar-refractivity contribution in [1.29, 1.82) is 0 Å². The minimum Gasteiger partial charge on any atom is -0.354 e. The van der Waals surface area contributed by atoms with Crippen LogP contribution in [-0.4, -0.2) is 36.5 Å². The van der Waals surface area contributed by atoms with E-state index in [0.29, 0.717) is 12.0 Å². The van der Waals surface area contributed by atoms with Gasteiger partial charge in [-0.25, -0.2) is 0 Å². The highest BCUT2D eigenvalue weighted by Crippen LogP contribution is 2.49. The van der Waals surface area contributed by atoms with Crippen LogP contribution in [0.3, 0.4) is 0 Å². The number of hydrogen-bond acceptors (Lipinski definition) is 2. The Kier molecular flexibility index (Phi) is 4.51. The van der Waals surface area contributed by atoms with Crippen molar-refractivity contribution >= 4 is 17.5 Å². The van der Waals surface area contributed by atoms with E-state index in [0.717, 1.165) is 30.1 Å². The van der Waals surface area contributed by atoms with Gasteiger partial charge in [0.15, 0.2) is 0 Å². The van der Waals surface area contributed by atoms with Crippen molar-refractivity contribution < 1.29 is 4.79 Å². The molecule has 3 nitrogen and oxygen atoms in total. The van der Waals surface area contributed by atoms with Crippen LogP contribution in [0.1, 0.15) is 37.7 Å². The molecule has 1 saturated heterocycles. The van der Waals surface area contributed by atoms with Crippen LogP contribution < -0.4 is 5.32 Å². The molecule has 1 aromatic carbocycles. The van der Waals surface area contributed by atoms with Gasteiger partial charge >= 0.3 is 0 Å². The lowest BCUT2D eigenvalue weighted by molar-refractivity contribution is -0.122. The molecule has 2 aliphatic rings. The van der Waals surface area contributed by atoms with Crippen LogP contribution in [0.15, 0.2) is 24.3 Å². The summed E-state index contributed by atoms with van der Waals surface area (Å²) in [5.41, 5.74) is 1.12. The van der Waals surface area contributed by atoms with E-state index >= 15 is 0 Å². The first-order chi connectivity index (χ1) is 10.2. The van der Waals surface area contributed by atoms with Crippen molar-refractivity contribution in [3.05, 3.63) is 34.9 Å². The quantitative estimate of drug-likeness (QED) is 0.907. The molecular formula is C17H23ClN2O. The van der Waals surface area contributed by atoms with Gasteiger partial charge < -0.3 is 5.32 Å². The monoisotopic (exact) mass is 306 g/mol. The largest absolute Gasteiger partial charge is 0.354 e. The average Bonchev–Trinajstić information content (AvgIpc) is 3.15. The predicted octanol–water partition coefficient (Wildman–Crippen LogP) is 3.04. The summed E-state index contributed by atoms with van der Waals surface area (Å²) in [5, 5.41) is 3.93. The van der Waals surface area contributed by atoms with Crippen LogP contribution in [0.5, 0.6) is 0 Å². The Morgan fingerprint density at radius 3 is 3.00 bits per heavy atom. The maximum atomic E-state index is 12.3. The number of hydrogen-bond donors (Lipinski definition) is 1. The Balaban J connectivity index is 1.51. The number of likely N-dealkylation sites (N-methyl/N-ethyl adjacent to an activating group) is 1. The van der Waals surface area contributed by atoms with Gasteiger partial charge in [-0.2, -0.15) is 0 Å². The fraction of sp³-hybridized carbons (Fsp3) is 0.588. The molecule has 114 valence electrons. The molecule has 21 heavy (non-hydrogen) atoms. The van der Waals surface area contributed by atoms with E-state index in [9.17, 15) is 4.79 Å². The van der Waals surface area contributed by atoms with E-state index < -0.39 is 0 Å². The van der Waals surface area contributed by atoms with Crippen LogP contribution in [0.4, 0.5) is 0 Å². The van der Waals surface area contributed by atoms with Crippen molar-refractivity contribution in [3.8, 4) is 0 Å². The molecule has 1 aromatic rings. The molecule has 0 radical (unpaired) electrons. The molecule has 1 aliphatic carbocycles. The van der Waals surface area contributed by atoms with Gasteiger partial charge in [0.1, 0.15) is 0 Å². The van der Waals surface area contributed by atoms with Crippen LogP contribution in [0, 0.1) is 5.92 Å². The lowest BCUT2D eigenvalue weighted by atomic mass is 10.1. The van der Waals surface area contributed by atoms with Crippen LogP contribution in [0.2, 0.25) is 5.02 Å². The normalized spacial score (nSPS) is 28.6. The van der Waals surface area contributed by atoms with Gasteiger partial charge in [0, 0.05) is 23.5 Å². The number of carbonyl (C=O) groups is 1. The molecule has 0 aromatic heterocycles. The summed E-state index contributed by atoms with van der Waals surface area (Å²) in [6.45, 7) is 5.22. The molecule has 3 unspecified atom stereocenters. The second-order valence-electron chi connectivity index (χ2n) is 6.14. The van der Waals surface area contributed by atoms with Crippen LogP contribution >= 0.6 is 11.6 Å². The van der Waals surface area contributed by atoms with Crippen molar-refractivity contribution in [2.45, 2.75) is 38.1 Å². The number of halogens is 1. The van der Waals surface area contributed by atoms with Gasteiger partial charge in [-0.3, -0.25) is 9.69 Å². The maximum absolute atomic E-state index is 12.3. The fourth-order valence-corrected chi connectivity index (χ4v) is 3.77. The third kappa shape index (κ3) is 3.24. The number of benzene rings is 1. The third-order valence-electron chi connectivity index (χ3n) is 4.85. The summed E-state index contributed by atoms with van der Waals surface area (Å²) >= 11 is 6.21. The van der Waals surface area contributed by atoms with Gasteiger partial charge in [-0.05, 0) is 49.9 Å². The smallest absolute Gasteiger partial charge is 0.223 e. The molecule has 1 saturated carbocycles. The maximum Gasteiger partial charge on any atom is 0.223 e. The summed E-state index contributed by atoms with van der Waals surface area (Å²) < 4.78 is 0. The highest BCUT2D eigenvalue weighted by molar-refractivity contribution is 6.31. The molecule has 4 heteroatoms. The summed E-state index contributed by atoms with van der Waals surface area (Å²) in [7, 11) is 0. The van der Waals surface area contributed by atoms with E-state index in [1.54, 1.807) is 0 Å². The molecule has 1 N–H and O–H groups in total. The highest BCUT2D eigenvalue weighted by Gasteiger charge is 2.44. The molecule has 1 heterocycles. The minimum atomic E-state index is 0.112. The Labute approximate surface area is 131 Å². The zero-order valence-electron chi connectivity index (χ0n) is 12.5. The molecule has 0 spiro atoms. The van der Waals surface area contributed by atoms with E-state index in [1.807, 2.05) is 24.3 Å². The first-order valence-electron chi connectivity index (χ1n) is 7.97. The first kappa shape index (κ1) is 14.9. The Hall–Kier alpha value is -1.06. The fourth-order valence-electron chi connectivity index (χ4n) is 3.50. The van der Waals surface area contributed by atoms with Crippen molar-refractivity contribution in [1.82, 2.24) is 10.2 Å². The predicted molar refractivity (Wildman–Crippen MR) is 85.6 cm³/mol. The van der Waals surface area contributed by atoms with Crippen molar-refractivity contribution in [2.75, 3.05) is 19.6 Å². The topological polar surface area (TPSA) is 32.3 Å². The average molecular weight is 307 g/mol. The zero-order chi connectivity index (χ0) is 14.8. The van der Waals surface area contributed by atoms with E-state index in [-0.39, 0.29) is 11.8 Å². The lowest BCUT2D eigenvalue weighted by Gasteiger charge is -2.22. The van der Waals surface area contributed by atoms with Crippen LogP contribution in [0.25, 0.3) is 0 Å². The standard InChI is InChI=1S/C17H23ClN2O/c1-2-20-9-5-6-12(20)11-19-17(21)15-10-14(15)13-7-3-4-8-16(13)18/h3-4,7-8,12,14-15H,2,5-6,9-11H2,1H3,(H,19,21). The number of rotatable bonds is 5. The molecule has 1 amide bonds. The Morgan fingerprint density at radius 1 is 1.43 bits per heavy atom. The van der Waals surface area contributed by atoms with Gasteiger partial charge in [-0.1, -0.05) is 36.7 Å². The molecule has 0 bridgehead atoms. The number of amides is 1. The molecule has 1 aliphatic heterocycles. The first-order valence-corrected chi connectivity index (χ1v) is 8.34. The molecular weight excluding hydrogens is 284 g/mol. The molecule has 2 fully saturated rings. The number of carbonyl (C=O) groups excluding carboxylic acids is 1. The SMILES string of the molecule is CCN1CCCC1CNC(=O)C1CC1c1ccccc1Cl. The van der Waals surface area contributed by atoms with Gasteiger partial charge in [-0.15, -0.1) is 0 Å². The van der Waals surface area contributed by atoms with Crippen molar-refractivity contribution in [2.24, 2.45) is 5.92 Å². The summed E-state index contributed by atoms with van der Waals surface area (Å²) in [4.78, 5) is 14.7. The van der Waals surface area contributed by atoms with Gasteiger partial charge in [0.2, 0.25) is 5.91 Å². The van der Waals surface area contributed by atoms with Crippen molar-refractivity contribution in [3.63, 3.8) is 0 Å². The Morgan fingerprint density at radius 2 is 2.24 bits per heavy atom. The number of nitrogens with one attached hydrogen (secondary N) is 1. The second-order valence-corrected chi connectivity index (χ2v) is 6.55. The summed E-state index contributed by atoms with van der Waals surface area (Å²) in [5.74, 6) is 0.619. The Bertz CT molecular complexity index is 519. The zero-order valence-corrected chi connectivity index (χ0v) is 13.3. The van der Waals surface area contributed by atoms with Gasteiger partial charge in [0.25, 0.3) is 0 Å². The summed E-state index contributed by atoms with van der Waals surface area (Å²) in [6, 6.07) is 8.39. The number of likely N-dealkylation sites (tertiary alicyclic amines) is 1. The van der Waals surface area contributed by atoms with E-state index in [1.165, 1.54) is 19.4 Å². The summed E-state index contributed by atoms with van der Waals surface area (Å²) in [6.07, 6.45) is 3.38. The number of nitrogens with zero attached hydrogens (tertiary/aromatic N) is 1. The van der Waals surface area contributed by atoms with Crippen LogP contribution in [-0.2, 0) is 4.79 Å². The van der Waals surface area contributed by atoms with Gasteiger partial charge in [0.05, 0.1) is 0 Å². The third-order valence-corrected chi connectivity index (χ3v) is 5.19. The lowest BCUT2D eigenvalue weighted by Crippen LogP contribution is -2.40.